The molecule has 0 aliphatic rings. The molecule has 4 nitrogen and oxygen atoms in total. The van der Waals surface area contributed by atoms with E-state index in [1.54, 1.807) is 21.1 Å². The van der Waals surface area contributed by atoms with E-state index in [0.717, 1.165) is 41.8 Å². The van der Waals surface area contributed by atoms with Gasteiger partial charge in [-0.3, -0.25) is 0 Å². The van der Waals surface area contributed by atoms with E-state index in [1.165, 1.54) is 0 Å². The van der Waals surface area contributed by atoms with Crippen molar-refractivity contribution in [1.29, 1.82) is 0 Å². The minimum atomic E-state index is -0.473. The molecule has 0 aliphatic carbocycles. The highest BCUT2D eigenvalue weighted by molar-refractivity contribution is 9.10. The number of hydrogen-bond donors (Lipinski definition) is 1. The highest BCUT2D eigenvalue weighted by Gasteiger charge is 2.11. The van der Waals surface area contributed by atoms with Crippen molar-refractivity contribution >= 4 is 21.6 Å². The molecule has 0 radical (unpaired) electrons. The van der Waals surface area contributed by atoms with Crippen LogP contribution < -0.4 is 4.90 Å². The van der Waals surface area contributed by atoms with Crippen LogP contribution in [0.4, 0.5) is 5.69 Å². The number of halogens is 1. The summed E-state index contributed by atoms with van der Waals surface area (Å²) in [5.41, 5.74) is 2.02. The Labute approximate surface area is 129 Å². The summed E-state index contributed by atoms with van der Waals surface area (Å²) in [5.74, 6) is 0. The molecule has 0 spiro atoms. The van der Waals surface area contributed by atoms with Crippen molar-refractivity contribution in [2.75, 3.05) is 45.4 Å². The van der Waals surface area contributed by atoms with Gasteiger partial charge in [0.25, 0.3) is 0 Å². The number of methoxy groups -OCH3 is 2. The first-order valence-electron chi connectivity index (χ1n) is 6.80. The molecule has 0 heterocycles. The van der Waals surface area contributed by atoms with Crippen LogP contribution in [-0.2, 0) is 9.47 Å². The molecule has 0 saturated carbocycles. The summed E-state index contributed by atoms with van der Waals surface area (Å²) in [5, 5.41) is 9.67. The lowest BCUT2D eigenvalue weighted by Crippen LogP contribution is -2.29. The van der Waals surface area contributed by atoms with Crippen molar-refractivity contribution in [3.05, 3.63) is 28.2 Å². The number of aliphatic hydroxyl groups is 1. The highest BCUT2D eigenvalue weighted by Crippen LogP contribution is 2.28. The molecule has 1 N–H and O–H groups in total. The zero-order chi connectivity index (χ0) is 15.0. The van der Waals surface area contributed by atoms with Gasteiger partial charge in [-0.15, -0.1) is 0 Å². The van der Waals surface area contributed by atoms with Crippen LogP contribution in [0.1, 0.15) is 25.0 Å². The van der Waals surface area contributed by atoms with Gasteiger partial charge in [0.15, 0.2) is 0 Å². The molecule has 0 bridgehead atoms. The second-order valence-corrected chi connectivity index (χ2v) is 5.56. The van der Waals surface area contributed by atoms with Crippen molar-refractivity contribution in [3.8, 4) is 0 Å². The van der Waals surface area contributed by atoms with E-state index < -0.39 is 6.10 Å². The Kier molecular flexibility index (Phi) is 8.14. The lowest BCUT2D eigenvalue weighted by Gasteiger charge is -2.25. The molecule has 0 fully saturated rings. The Morgan fingerprint density at radius 1 is 1.20 bits per heavy atom. The molecule has 0 aliphatic heterocycles. The van der Waals surface area contributed by atoms with Gasteiger partial charge in [0.1, 0.15) is 0 Å². The zero-order valence-electron chi connectivity index (χ0n) is 12.4. The molecule has 114 valence electrons. The van der Waals surface area contributed by atoms with Crippen LogP contribution >= 0.6 is 15.9 Å². The van der Waals surface area contributed by atoms with Crippen LogP contribution in [0.3, 0.4) is 0 Å². The van der Waals surface area contributed by atoms with Gasteiger partial charge < -0.3 is 19.5 Å². The monoisotopic (exact) mass is 345 g/mol. The number of anilines is 1. The molecule has 1 atom stereocenters. The summed E-state index contributed by atoms with van der Waals surface area (Å²) in [7, 11) is 3.42. The van der Waals surface area contributed by atoms with Gasteiger partial charge in [0.05, 0.1) is 12.7 Å². The minimum absolute atomic E-state index is 0.473. The molecule has 0 aromatic heterocycles. The molecular weight excluding hydrogens is 322 g/mol. The van der Waals surface area contributed by atoms with Gasteiger partial charge >= 0.3 is 0 Å². The molecule has 20 heavy (non-hydrogen) atoms. The van der Waals surface area contributed by atoms with Crippen molar-refractivity contribution < 1.29 is 14.6 Å². The summed E-state index contributed by atoms with van der Waals surface area (Å²) in [6.45, 7) is 4.94. The molecule has 1 aromatic rings. The largest absolute Gasteiger partial charge is 0.389 e. The van der Waals surface area contributed by atoms with Crippen LogP contribution in [0.25, 0.3) is 0 Å². The fourth-order valence-corrected chi connectivity index (χ4v) is 2.72. The third kappa shape index (κ3) is 5.40. The highest BCUT2D eigenvalue weighted by atomic mass is 79.9. The van der Waals surface area contributed by atoms with E-state index >= 15 is 0 Å². The van der Waals surface area contributed by atoms with Crippen molar-refractivity contribution in [3.63, 3.8) is 0 Å². The molecule has 0 unspecified atom stereocenters. The van der Waals surface area contributed by atoms with Gasteiger partial charge in [-0.1, -0.05) is 22.0 Å². The van der Waals surface area contributed by atoms with Gasteiger partial charge in [-0.25, -0.2) is 0 Å². The normalized spacial score (nSPS) is 12.4. The average Bonchev–Trinajstić information content (AvgIpc) is 2.42. The topological polar surface area (TPSA) is 41.9 Å². The SMILES string of the molecule is COCCCN(CCOC)c1ccc([C@@H](C)O)c(Br)c1. The van der Waals surface area contributed by atoms with Crippen LogP contribution in [0.15, 0.2) is 22.7 Å². The summed E-state index contributed by atoms with van der Waals surface area (Å²) in [4.78, 5) is 2.26. The number of ether oxygens (including phenoxy) is 2. The summed E-state index contributed by atoms with van der Waals surface area (Å²) in [6, 6.07) is 6.04. The first kappa shape index (κ1) is 17.4. The van der Waals surface area contributed by atoms with Crippen LogP contribution in [-0.4, -0.2) is 45.6 Å². The van der Waals surface area contributed by atoms with Crippen LogP contribution in [0.5, 0.6) is 0 Å². The predicted molar refractivity (Wildman–Crippen MR) is 85.4 cm³/mol. The van der Waals surface area contributed by atoms with Crippen LogP contribution in [0, 0.1) is 0 Å². The molecule has 1 rings (SSSR count). The quantitative estimate of drug-likeness (QED) is 0.698. The van der Waals surface area contributed by atoms with E-state index in [4.69, 9.17) is 9.47 Å². The van der Waals surface area contributed by atoms with E-state index in [1.807, 2.05) is 18.2 Å². The number of hydrogen-bond acceptors (Lipinski definition) is 4. The zero-order valence-corrected chi connectivity index (χ0v) is 14.0. The molecule has 0 amide bonds. The second-order valence-electron chi connectivity index (χ2n) is 4.71. The van der Waals surface area contributed by atoms with E-state index in [9.17, 15) is 5.11 Å². The van der Waals surface area contributed by atoms with Crippen LogP contribution in [0.2, 0.25) is 0 Å². The first-order chi connectivity index (χ1) is 9.60. The molecule has 5 heteroatoms. The fraction of sp³-hybridized carbons (Fsp3) is 0.600. The molecule has 0 saturated heterocycles. The average molecular weight is 346 g/mol. The molecule has 1 aromatic carbocycles. The lowest BCUT2D eigenvalue weighted by molar-refractivity contribution is 0.191. The Bertz CT molecular complexity index is 399. The van der Waals surface area contributed by atoms with Crippen molar-refractivity contribution in [2.24, 2.45) is 0 Å². The van der Waals surface area contributed by atoms with E-state index in [2.05, 4.69) is 20.8 Å². The third-order valence-corrected chi connectivity index (χ3v) is 3.83. The van der Waals surface area contributed by atoms with Gasteiger partial charge in [0.2, 0.25) is 0 Å². The number of benzene rings is 1. The molecular formula is C15H24BrNO3. The Morgan fingerprint density at radius 3 is 2.45 bits per heavy atom. The number of nitrogens with zero attached hydrogens (tertiary/aromatic N) is 1. The minimum Gasteiger partial charge on any atom is -0.389 e. The second kappa shape index (κ2) is 9.34. The summed E-state index contributed by atoms with van der Waals surface area (Å²) >= 11 is 3.52. The summed E-state index contributed by atoms with van der Waals surface area (Å²) < 4.78 is 11.2. The van der Waals surface area contributed by atoms with Crippen molar-refractivity contribution in [1.82, 2.24) is 0 Å². The van der Waals surface area contributed by atoms with Gasteiger partial charge in [-0.2, -0.15) is 0 Å². The van der Waals surface area contributed by atoms with Gasteiger partial charge in [0, 0.05) is 44.1 Å². The Hall–Kier alpha value is -0.620. The van der Waals surface area contributed by atoms with E-state index in [0.29, 0.717) is 6.61 Å². The predicted octanol–water partition coefficient (Wildman–Crippen LogP) is 2.99. The summed E-state index contributed by atoms with van der Waals surface area (Å²) in [6.07, 6.45) is 0.495. The Morgan fingerprint density at radius 2 is 1.90 bits per heavy atom. The maximum atomic E-state index is 9.67. The lowest BCUT2D eigenvalue weighted by atomic mass is 10.1. The van der Waals surface area contributed by atoms with E-state index in [-0.39, 0.29) is 0 Å². The number of rotatable bonds is 9. The fourth-order valence-electron chi connectivity index (χ4n) is 2.02. The van der Waals surface area contributed by atoms with Gasteiger partial charge in [-0.05, 0) is 31.0 Å². The van der Waals surface area contributed by atoms with Crippen molar-refractivity contribution in [2.45, 2.75) is 19.4 Å². The smallest absolute Gasteiger partial charge is 0.0772 e. The standard InChI is InChI=1S/C15H24BrNO3/c1-12(18)14-6-5-13(11-15(14)16)17(8-10-20-3)7-4-9-19-2/h5-6,11-12,18H,4,7-10H2,1-3H3/t12-/m1/s1. The first-order valence-corrected chi connectivity index (χ1v) is 7.59. The Balaban J connectivity index is 2.80. The third-order valence-electron chi connectivity index (χ3n) is 3.14. The number of aliphatic hydroxyl groups excluding tert-OH is 1. The maximum Gasteiger partial charge on any atom is 0.0772 e. The maximum absolute atomic E-state index is 9.67.